The van der Waals surface area contributed by atoms with Crippen LogP contribution in [0.4, 0.5) is 5.69 Å². The van der Waals surface area contributed by atoms with Crippen LogP contribution in [0.3, 0.4) is 0 Å². The van der Waals surface area contributed by atoms with Crippen molar-refractivity contribution in [2.75, 3.05) is 25.5 Å². The molecule has 8 heteroatoms. The molecule has 7 nitrogen and oxygen atoms in total. The Hall–Kier alpha value is -2.32. The first kappa shape index (κ1) is 16.5. The summed E-state index contributed by atoms with van der Waals surface area (Å²) in [5.74, 6) is 0.680. The third kappa shape index (κ3) is 3.29. The van der Waals surface area contributed by atoms with Gasteiger partial charge in [0.25, 0.3) is 10.0 Å². The molecule has 0 aliphatic carbocycles. The summed E-state index contributed by atoms with van der Waals surface area (Å²) in [6.07, 6.45) is 2.38. The standard InChI is InChI=1S/C16H19N3O4S/c1-22-13-3-4-15(23-2)16(8-13)24(20,21)19-12-7-11-9-17-6-5-14(11)18-10-12/h3-4,7-8,10,17,19H,5-6,9H2,1-2H3. The summed E-state index contributed by atoms with van der Waals surface area (Å²) in [4.78, 5) is 4.36. The Bertz CT molecular complexity index is 852. The van der Waals surface area contributed by atoms with Gasteiger partial charge in [-0.1, -0.05) is 0 Å². The predicted molar refractivity (Wildman–Crippen MR) is 90.0 cm³/mol. The highest BCUT2D eigenvalue weighted by molar-refractivity contribution is 7.92. The summed E-state index contributed by atoms with van der Waals surface area (Å²) < 4.78 is 38.3. The molecular formula is C16H19N3O4S. The number of anilines is 1. The van der Waals surface area contributed by atoms with Gasteiger partial charge in [0, 0.05) is 31.3 Å². The summed E-state index contributed by atoms with van der Waals surface area (Å²) in [5.41, 5.74) is 2.41. The number of benzene rings is 1. The number of hydrogen-bond acceptors (Lipinski definition) is 6. The SMILES string of the molecule is COc1ccc(OC)c(S(=O)(=O)Nc2cnc3c(c2)CNCC3)c1. The van der Waals surface area contributed by atoms with Crippen molar-refractivity contribution >= 4 is 15.7 Å². The first-order chi connectivity index (χ1) is 11.5. The lowest BCUT2D eigenvalue weighted by molar-refractivity contribution is 0.392. The minimum absolute atomic E-state index is 0.0141. The van der Waals surface area contributed by atoms with Crippen LogP contribution in [0.1, 0.15) is 11.3 Å². The highest BCUT2D eigenvalue weighted by Crippen LogP contribution is 2.30. The van der Waals surface area contributed by atoms with Crippen molar-refractivity contribution in [1.29, 1.82) is 0 Å². The number of pyridine rings is 1. The molecule has 0 saturated carbocycles. The van der Waals surface area contributed by atoms with E-state index in [-0.39, 0.29) is 10.6 Å². The van der Waals surface area contributed by atoms with Crippen LogP contribution in [0, 0.1) is 0 Å². The van der Waals surface area contributed by atoms with E-state index in [0.29, 0.717) is 18.0 Å². The van der Waals surface area contributed by atoms with Gasteiger partial charge in [-0.2, -0.15) is 0 Å². The van der Waals surface area contributed by atoms with Gasteiger partial charge in [0.15, 0.2) is 0 Å². The van der Waals surface area contributed by atoms with Gasteiger partial charge in [0.05, 0.1) is 26.1 Å². The maximum Gasteiger partial charge on any atom is 0.265 e. The topological polar surface area (TPSA) is 89.5 Å². The molecule has 1 aromatic carbocycles. The van der Waals surface area contributed by atoms with Crippen LogP contribution in [0.15, 0.2) is 35.4 Å². The zero-order valence-corrected chi connectivity index (χ0v) is 14.3. The summed E-state index contributed by atoms with van der Waals surface area (Å²) >= 11 is 0. The van der Waals surface area contributed by atoms with E-state index in [2.05, 4.69) is 15.0 Å². The van der Waals surface area contributed by atoms with Crippen LogP contribution in [-0.4, -0.2) is 34.2 Å². The van der Waals surface area contributed by atoms with Crippen molar-refractivity contribution in [2.24, 2.45) is 0 Å². The Labute approximate surface area is 141 Å². The number of nitrogens with one attached hydrogen (secondary N) is 2. The second-order valence-electron chi connectivity index (χ2n) is 5.38. The summed E-state index contributed by atoms with van der Waals surface area (Å²) in [7, 11) is -0.929. The van der Waals surface area contributed by atoms with Crippen LogP contribution in [-0.2, 0) is 23.0 Å². The highest BCUT2D eigenvalue weighted by atomic mass is 32.2. The molecule has 1 aliphatic rings. The summed E-state index contributed by atoms with van der Waals surface area (Å²) in [6.45, 7) is 1.56. The Morgan fingerprint density at radius 1 is 1.21 bits per heavy atom. The van der Waals surface area contributed by atoms with Gasteiger partial charge in [-0.05, 0) is 23.8 Å². The molecule has 2 heterocycles. The van der Waals surface area contributed by atoms with E-state index >= 15 is 0 Å². The lowest BCUT2D eigenvalue weighted by atomic mass is 10.1. The Balaban J connectivity index is 1.94. The second kappa shape index (κ2) is 6.66. The van der Waals surface area contributed by atoms with E-state index in [0.717, 1.165) is 24.2 Å². The Morgan fingerprint density at radius 3 is 2.79 bits per heavy atom. The maximum atomic E-state index is 12.7. The molecule has 0 bridgehead atoms. The number of rotatable bonds is 5. The number of nitrogens with zero attached hydrogens (tertiary/aromatic N) is 1. The molecule has 2 N–H and O–H groups in total. The van der Waals surface area contributed by atoms with Gasteiger partial charge < -0.3 is 14.8 Å². The quantitative estimate of drug-likeness (QED) is 0.851. The smallest absolute Gasteiger partial charge is 0.265 e. The van der Waals surface area contributed by atoms with Crippen LogP contribution in [0.5, 0.6) is 11.5 Å². The number of ether oxygens (including phenoxy) is 2. The zero-order valence-electron chi connectivity index (χ0n) is 13.5. The van der Waals surface area contributed by atoms with Crippen molar-refractivity contribution < 1.29 is 17.9 Å². The third-order valence-electron chi connectivity index (χ3n) is 3.83. The molecule has 0 saturated heterocycles. The van der Waals surface area contributed by atoms with E-state index in [1.807, 2.05) is 0 Å². The maximum absolute atomic E-state index is 12.7. The first-order valence-corrected chi connectivity index (χ1v) is 8.95. The number of sulfonamides is 1. The molecule has 0 radical (unpaired) electrons. The molecule has 128 valence electrons. The van der Waals surface area contributed by atoms with Gasteiger partial charge in [0.2, 0.25) is 0 Å². The zero-order chi connectivity index (χ0) is 17.2. The van der Waals surface area contributed by atoms with Gasteiger partial charge in [-0.15, -0.1) is 0 Å². The molecule has 1 aromatic heterocycles. The number of methoxy groups -OCH3 is 2. The van der Waals surface area contributed by atoms with Crippen LogP contribution >= 0.6 is 0 Å². The second-order valence-corrected chi connectivity index (χ2v) is 7.03. The fourth-order valence-corrected chi connectivity index (χ4v) is 3.83. The normalized spacial score (nSPS) is 13.9. The average Bonchev–Trinajstić information content (AvgIpc) is 2.60. The number of fused-ring (bicyclic) bond motifs is 1. The molecule has 1 aliphatic heterocycles. The van der Waals surface area contributed by atoms with Crippen molar-refractivity contribution in [1.82, 2.24) is 10.3 Å². The minimum Gasteiger partial charge on any atom is -0.497 e. The van der Waals surface area contributed by atoms with E-state index in [1.165, 1.54) is 26.5 Å². The van der Waals surface area contributed by atoms with Crippen LogP contribution < -0.4 is 19.5 Å². The fraction of sp³-hybridized carbons (Fsp3) is 0.312. The van der Waals surface area contributed by atoms with Crippen LogP contribution in [0.25, 0.3) is 0 Å². The van der Waals surface area contributed by atoms with Crippen molar-refractivity contribution in [3.05, 3.63) is 41.7 Å². The average molecular weight is 349 g/mol. The van der Waals surface area contributed by atoms with Crippen molar-refractivity contribution in [3.8, 4) is 11.5 Å². The molecule has 0 amide bonds. The molecule has 24 heavy (non-hydrogen) atoms. The van der Waals surface area contributed by atoms with Gasteiger partial charge >= 0.3 is 0 Å². The Morgan fingerprint density at radius 2 is 2.04 bits per heavy atom. The summed E-state index contributed by atoms with van der Waals surface area (Å²) in [6, 6.07) is 6.43. The van der Waals surface area contributed by atoms with Gasteiger partial charge in [0.1, 0.15) is 16.4 Å². The highest BCUT2D eigenvalue weighted by Gasteiger charge is 2.21. The first-order valence-electron chi connectivity index (χ1n) is 7.47. The molecule has 0 fully saturated rings. The van der Waals surface area contributed by atoms with E-state index in [4.69, 9.17) is 9.47 Å². The largest absolute Gasteiger partial charge is 0.497 e. The van der Waals surface area contributed by atoms with Gasteiger partial charge in [-0.25, -0.2) is 8.42 Å². The molecule has 0 unspecified atom stereocenters. The molecule has 0 atom stereocenters. The lowest BCUT2D eigenvalue weighted by Crippen LogP contribution is -2.25. The van der Waals surface area contributed by atoms with E-state index in [1.54, 1.807) is 18.2 Å². The predicted octanol–water partition coefficient (Wildman–Crippen LogP) is 1.55. The molecule has 0 spiro atoms. The van der Waals surface area contributed by atoms with E-state index < -0.39 is 10.0 Å². The van der Waals surface area contributed by atoms with Crippen LogP contribution in [0.2, 0.25) is 0 Å². The molecule has 3 rings (SSSR count). The minimum atomic E-state index is -3.83. The fourth-order valence-electron chi connectivity index (χ4n) is 2.61. The van der Waals surface area contributed by atoms with Crippen molar-refractivity contribution in [2.45, 2.75) is 17.9 Å². The van der Waals surface area contributed by atoms with Crippen molar-refractivity contribution in [3.63, 3.8) is 0 Å². The lowest BCUT2D eigenvalue weighted by Gasteiger charge is -2.18. The van der Waals surface area contributed by atoms with E-state index in [9.17, 15) is 8.42 Å². The number of aromatic nitrogens is 1. The summed E-state index contributed by atoms with van der Waals surface area (Å²) in [5, 5.41) is 3.24. The van der Waals surface area contributed by atoms with Gasteiger partial charge in [-0.3, -0.25) is 9.71 Å². The number of hydrogen-bond donors (Lipinski definition) is 2. The monoisotopic (exact) mass is 349 g/mol. The third-order valence-corrected chi connectivity index (χ3v) is 5.23. The molecule has 2 aromatic rings. The molecular weight excluding hydrogens is 330 g/mol. The Kier molecular flexibility index (Phi) is 4.59.